The highest BCUT2D eigenvalue weighted by atomic mass is 35.5. The molecule has 266 valence electrons. The minimum atomic E-state index is -3.88. The number of hydrogen-bond acceptors (Lipinski definition) is 9. The number of nitrogens with zero attached hydrogens (tertiary/aromatic N) is 2. The van der Waals surface area contributed by atoms with E-state index in [1.807, 2.05) is 18.2 Å². The van der Waals surface area contributed by atoms with E-state index in [1.165, 1.54) is 4.90 Å². The van der Waals surface area contributed by atoms with Crippen molar-refractivity contribution in [3.63, 3.8) is 0 Å². The lowest BCUT2D eigenvalue weighted by Crippen LogP contribution is -2.58. The largest absolute Gasteiger partial charge is 0.444 e. The first-order chi connectivity index (χ1) is 23.1. The highest BCUT2D eigenvalue weighted by Gasteiger charge is 2.63. The first kappa shape index (κ1) is 35.2. The fraction of sp³-hybridized carbons (Fsp3) is 0.618. The Morgan fingerprint density at radius 1 is 1.12 bits per heavy atom. The molecule has 3 fully saturated rings. The van der Waals surface area contributed by atoms with E-state index in [-0.39, 0.29) is 25.8 Å². The summed E-state index contributed by atoms with van der Waals surface area (Å²) < 4.78 is 33.2. The Kier molecular flexibility index (Phi) is 9.50. The molecule has 3 N–H and O–H groups in total. The normalized spacial score (nSPS) is 31.2. The number of amides is 4. The maximum atomic E-state index is 14.4. The van der Waals surface area contributed by atoms with Gasteiger partial charge in [0.1, 0.15) is 23.2 Å². The van der Waals surface area contributed by atoms with Crippen LogP contribution in [-0.4, -0.2) is 83.5 Å². The number of alkyl carbamates (subject to hydrolysis) is 1. The van der Waals surface area contributed by atoms with Crippen LogP contribution in [0.3, 0.4) is 0 Å². The van der Waals surface area contributed by atoms with Gasteiger partial charge in [0.15, 0.2) is 5.60 Å². The molecule has 0 aromatic heterocycles. The smallest absolute Gasteiger partial charge is 0.408 e. The molecule has 2 aliphatic carbocycles. The second-order valence-electron chi connectivity index (χ2n) is 14.9. The molecule has 0 bridgehead atoms. The van der Waals surface area contributed by atoms with Crippen molar-refractivity contribution in [2.45, 2.75) is 119 Å². The fourth-order valence-corrected chi connectivity index (χ4v) is 8.43. The Labute approximate surface area is 291 Å². The van der Waals surface area contributed by atoms with E-state index >= 15 is 0 Å². The van der Waals surface area contributed by atoms with E-state index < -0.39 is 73.8 Å². The van der Waals surface area contributed by atoms with Crippen LogP contribution in [0, 0.1) is 5.92 Å². The van der Waals surface area contributed by atoms with Gasteiger partial charge in [-0.15, -0.1) is 0 Å². The number of halogens is 1. The van der Waals surface area contributed by atoms with Crippen LogP contribution in [0.2, 0.25) is 5.02 Å². The van der Waals surface area contributed by atoms with E-state index in [9.17, 15) is 27.6 Å². The lowest BCUT2D eigenvalue weighted by Gasteiger charge is -2.30. The molecule has 0 unspecified atom stereocenters. The van der Waals surface area contributed by atoms with Crippen LogP contribution in [-0.2, 0) is 34.0 Å². The standard InChI is InChI=1S/C34H44ClN5O8S/c1-32(2,3)47-31(44)36-25-13-8-6-4-5-7-11-22-17-34(22,30(43)39-49(45,46)24-14-15-24)37-28(41)27-19-33(20-40(27)29(25)42)18-26(38-48-33)21-10-9-12-23(35)16-21/h7,9-12,16,22,24-25,27H,4-6,8,13-15,17-20H2,1-3H3,(H,36,44)(H,37,41)(H,39,43)/b11-7-/t22-,25+,27+,33-,34-/m1/s1. The summed E-state index contributed by atoms with van der Waals surface area (Å²) in [5.74, 6) is -2.31. The van der Waals surface area contributed by atoms with Gasteiger partial charge in [-0.3, -0.25) is 19.1 Å². The van der Waals surface area contributed by atoms with Gasteiger partial charge in [0.2, 0.25) is 21.8 Å². The van der Waals surface area contributed by atoms with Gasteiger partial charge in [0.05, 0.1) is 17.5 Å². The van der Waals surface area contributed by atoms with E-state index in [0.717, 1.165) is 18.4 Å². The zero-order valence-electron chi connectivity index (χ0n) is 28.0. The Balaban J connectivity index is 1.30. The Bertz CT molecular complexity index is 1690. The third-order valence-corrected chi connectivity index (χ3v) is 11.7. The van der Waals surface area contributed by atoms with Crippen LogP contribution in [0.25, 0.3) is 0 Å². The van der Waals surface area contributed by atoms with Crippen LogP contribution < -0.4 is 15.4 Å². The molecule has 13 nitrogen and oxygen atoms in total. The minimum Gasteiger partial charge on any atom is -0.444 e. The fourth-order valence-electron chi connectivity index (χ4n) is 6.87. The van der Waals surface area contributed by atoms with Crippen molar-refractivity contribution in [2.24, 2.45) is 11.1 Å². The van der Waals surface area contributed by atoms with E-state index in [2.05, 4.69) is 20.5 Å². The molecule has 1 saturated heterocycles. The summed E-state index contributed by atoms with van der Waals surface area (Å²) in [7, 11) is -3.88. The van der Waals surface area contributed by atoms with Crippen molar-refractivity contribution < 1.29 is 37.2 Å². The predicted octanol–water partition coefficient (Wildman–Crippen LogP) is 3.70. The quantitative estimate of drug-likeness (QED) is 0.387. The van der Waals surface area contributed by atoms with Gasteiger partial charge >= 0.3 is 6.09 Å². The van der Waals surface area contributed by atoms with Crippen molar-refractivity contribution >= 4 is 51.2 Å². The zero-order chi connectivity index (χ0) is 35.2. The summed E-state index contributed by atoms with van der Waals surface area (Å²) in [6, 6.07) is 5.04. The van der Waals surface area contributed by atoms with Gasteiger partial charge in [-0.25, -0.2) is 13.2 Å². The third kappa shape index (κ3) is 7.90. The zero-order valence-corrected chi connectivity index (χ0v) is 29.6. The molecule has 3 aliphatic heterocycles. The summed E-state index contributed by atoms with van der Waals surface area (Å²) in [6.07, 6.45) is 7.77. The molecule has 6 rings (SSSR count). The van der Waals surface area contributed by atoms with Gasteiger partial charge in [-0.1, -0.05) is 53.9 Å². The molecule has 5 aliphatic rings. The predicted molar refractivity (Wildman–Crippen MR) is 181 cm³/mol. The molecule has 1 aromatic rings. The number of benzene rings is 1. The number of nitrogens with one attached hydrogen (secondary N) is 3. The van der Waals surface area contributed by atoms with Crippen molar-refractivity contribution in [1.29, 1.82) is 0 Å². The number of sulfonamides is 1. The first-order valence-electron chi connectivity index (χ1n) is 17.0. The van der Waals surface area contributed by atoms with E-state index in [0.29, 0.717) is 42.8 Å². The van der Waals surface area contributed by atoms with Gasteiger partial charge in [0, 0.05) is 29.3 Å². The van der Waals surface area contributed by atoms with Gasteiger partial charge < -0.3 is 25.1 Å². The molecule has 4 amide bonds. The molecule has 0 radical (unpaired) electrons. The highest BCUT2D eigenvalue weighted by Crippen LogP contribution is 2.47. The molecule has 3 heterocycles. The Hall–Kier alpha value is -3.65. The van der Waals surface area contributed by atoms with Gasteiger partial charge in [0.25, 0.3) is 5.91 Å². The molecule has 1 aromatic carbocycles. The number of ether oxygens (including phenoxy) is 1. The molecule has 15 heteroatoms. The molecular weight excluding hydrogens is 674 g/mol. The number of rotatable bonds is 5. The SMILES string of the molecule is CC(C)(C)OC(=O)N[C@H]1CCCCC/C=C\[C@@H]2C[C@@]2(C(=O)NS(=O)(=O)C2CC2)NC(=O)[C@@H]2C[C@]3(CC(c4cccc(Cl)c4)=NO3)CN2C1=O. The van der Waals surface area contributed by atoms with Crippen molar-refractivity contribution in [3.05, 3.63) is 47.0 Å². The van der Waals surface area contributed by atoms with E-state index in [4.69, 9.17) is 21.2 Å². The van der Waals surface area contributed by atoms with Crippen molar-refractivity contribution in [1.82, 2.24) is 20.3 Å². The molecule has 49 heavy (non-hydrogen) atoms. The summed E-state index contributed by atoms with van der Waals surface area (Å²) in [5, 5.41) is 9.84. The Morgan fingerprint density at radius 3 is 2.61 bits per heavy atom. The summed E-state index contributed by atoms with van der Waals surface area (Å²) >= 11 is 6.23. The second kappa shape index (κ2) is 13.2. The highest BCUT2D eigenvalue weighted by molar-refractivity contribution is 7.91. The number of oxime groups is 1. The first-order valence-corrected chi connectivity index (χ1v) is 18.9. The maximum absolute atomic E-state index is 14.4. The number of carbonyl (C=O) groups excluding carboxylic acids is 4. The molecule has 1 spiro atoms. The molecule has 5 atom stereocenters. The van der Waals surface area contributed by atoms with E-state index in [1.54, 1.807) is 39.0 Å². The van der Waals surface area contributed by atoms with Crippen LogP contribution in [0.1, 0.15) is 90.5 Å². The average molecular weight is 718 g/mol. The van der Waals surface area contributed by atoms with Crippen LogP contribution >= 0.6 is 11.6 Å². The lowest BCUT2D eigenvalue weighted by atomic mass is 9.91. The average Bonchev–Trinajstić information content (AvgIpc) is 3.92. The van der Waals surface area contributed by atoms with Crippen LogP contribution in [0.4, 0.5) is 4.79 Å². The summed E-state index contributed by atoms with van der Waals surface area (Å²) in [4.78, 5) is 62.7. The monoisotopic (exact) mass is 717 g/mol. The number of carbonyl (C=O) groups is 4. The third-order valence-electron chi connectivity index (χ3n) is 9.67. The number of allylic oxidation sites excluding steroid dienone is 1. The lowest BCUT2D eigenvalue weighted by molar-refractivity contribution is -0.141. The van der Waals surface area contributed by atoms with Crippen molar-refractivity contribution in [2.75, 3.05) is 6.54 Å². The van der Waals surface area contributed by atoms with Crippen LogP contribution in [0.5, 0.6) is 0 Å². The van der Waals surface area contributed by atoms with Gasteiger partial charge in [-0.05, 0) is 71.4 Å². The number of fused-ring (bicyclic) bond motifs is 2. The molecule has 2 saturated carbocycles. The Morgan fingerprint density at radius 2 is 1.90 bits per heavy atom. The van der Waals surface area contributed by atoms with Crippen molar-refractivity contribution in [3.8, 4) is 0 Å². The summed E-state index contributed by atoms with van der Waals surface area (Å²) in [5.41, 5.74) is -2.00. The minimum absolute atomic E-state index is 0.0113. The van der Waals surface area contributed by atoms with Gasteiger partial charge in [-0.2, -0.15) is 0 Å². The molecular formula is C34H44ClN5O8S. The van der Waals surface area contributed by atoms with Crippen LogP contribution in [0.15, 0.2) is 41.6 Å². The summed E-state index contributed by atoms with van der Waals surface area (Å²) in [6.45, 7) is 5.17. The topological polar surface area (TPSA) is 173 Å². The number of hydrogen-bond donors (Lipinski definition) is 3. The maximum Gasteiger partial charge on any atom is 0.408 e. The second-order valence-corrected chi connectivity index (χ2v) is 17.3.